The highest BCUT2D eigenvalue weighted by Gasteiger charge is 2.20. The monoisotopic (exact) mass is 348 g/mol. The number of carbonyl (C=O) groups excluding carboxylic acids is 2. The number of benzene rings is 1. The van der Waals surface area contributed by atoms with Gasteiger partial charge in [0.1, 0.15) is 11.9 Å². The Balaban J connectivity index is 1.76. The van der Waals surface area contributed by atoms with Crippen molar-refractivity contribution in [2.24, 2.45) is 0 Å². The molecule has 1 aromatic carbocycles. The first-order valence-electron chi connectivity index (χ1n) is 8.80. The van der Waals surface area contributed by atoms with Crippen molar-refractivity contribution in [2.45, 2.75) is 45.8 Å². The molecule has 0 fully saturated rings. The Kier molecular flexibility index (Phi) is 7.25. The fourth-order valence-electron chi connectivity index (χ4n) is 2.98. The number of nitrogens with one attached hydrogen (secondary N) is 1. The van der Waals surface area contributed by atoms with Gasteiger partial charge in [-0.25, -0.2) is 0 Å². The maximum atomic E-state index is 11.8. The van der Waals surface area contributed by atoms with Gasteiger partial charge >= 0.3 is 5.97 Å². The predicted octanol–water partition coefficient (Wildman–Crippen LogP) is 2.04. The van der Waals surface area contributed by atoms with E-state index in [1.54, 1.807) is 0 Å². The van der Waals surface area contributed by atoms with E-state index < -0.39 is 0 Å². The van der Waals surface area contributed by atoms with Crippen LogP contribution in [-0.4, -0.2) is 49.6 Å². The highest BCUT2D eigenvalue weighted by Crippen LogP contribution is 2.25. The maximum Gasteiger partial charge on any atom is 0.305 e. The van der Waals surface area contributed by atoms with Gasteiger partial charge in [0.2, 0.25) is 5.91 Å². The summed E-state index contributed by atoms with van der Waals surface area (Å²) in [4.78, 5) is 25.1. The van der Waals surface area contributed by atoms with E-state index in [0.29, 0.717) is 19.4 Å². The van der Waals surface area contributed by atoms with Crippen LogP contribution < -0.4 is 10.1 Å². The molecule has 1 unspecified atom stereocenters. The number of aryl methyl sites for hydroxylation is 1. The molecule has 25 heavy (non-hydrogen) atoms. The lowest BCUT2D eigenvalue weighted by molar-refractivity contribution is -0.140. The lowest BCUT2D eigenvalue weighted by Crippen LogP contribution is -2.37. The third-order valence-electron chi connectivity index (χ3n) is 4.22. The molecule has 2 rings (SSSR count). The van der Waals surface area contributed by atoms with Crippen molar-refractivity contribution in [1.82, 2.24) is 10.2 Å². The minimum absolute atomic E-state index is 0.0285. The van der Waals surface area contributed by atoms with E-state index in [4.69, 9.17) is 4.74 Å². The fourth-order valence-corrected chi connectivity index (χ4v) is 2.98. The lowest BCUT2D eigenvalue weighted by atomic mass is 10.1. The number of methoxy groups -OCH3 is 1. The molecule has 6 nitrogen and oxygen atoms in total. The number of hydrogen-bond donors (Lipinski definition) is 1. The molecule has 1 atom stereocenters. The molecule has 0 saturated carbocycles. The molecule has 6 heteroatoms. The van der Waals surface area contributed by atoms with E-state index in [-0.39, 0.29) is 24.4 Å². The average Bonchev–Trinajstić information content (AvgIpc) is 2.72. The Labute approximate surface area is 149 Å². The summed E-state index contributed by atoms with van der Waals surface area (Å²) in [6.07, 6.45) is 1.25. The van der Waals surface area contributed by atoms with Crippen molar-refractivity contribution in [3.63, 3.8) is 0 Å². The van der Waals surface area contributed by atoms with Gasteiger partial charge in [0, 0.05) is 44.6 Å². The van der Waals surface area contributed by atoms with Gasteiger partial charge in [0.25, 0.3) is 0 Å². The zero-order valence-electron chi connectivity index (χ0n) is 15.3. The molecule has 0 bridgehead atoms. The minimum atomic E-state index is -0.277. The number of amides is 1. The predicted molar refractivity (Wildman–Crippen MR) is 95.4 cm³/mol. The van der Waals surface area contributed by atoms with Crippen molar-refractivity contribution in [2.75, 3.05) is 26.7 Å². The second-order valence-electron chi connectivity index (χ2n) is 6.55. The number of esters is 1. The van der Waals surface area contributed by atoms with Crippen LogP contribution in [0.4, 0.5) is 0 Å². The summed E-state index contributed by atoms with van der Waals surface area (Å²) in [6.45, 7) is 7.14. The molecule has 1 N–H and O–H groups in total. The van der Waals surface area contributed by atoms with Gasteiger partial charge in [-0.1, -0.05) is 17.7 Å². The Hall–Kier alpha value is -2.08. The highest BCUT2D eigenvalue weighted by atomic mass is 16.5. The van der Waals surface area contributed by atoms with E-state index in [0.717, 1.165) is 25.4 Å². The van der Waals surface area contributed by atoms with Gasteiger partial charge in [0.05, 0.1) is 7.11 Å². The van der Waals surface area contributed by atoms with Gasteiger partial charge in [-0.15, -0.1) is 0 Å². The normalized spacial score (nSPS) is 17.2. The zero-order chi connectivity index (χ0) is 18.2. The maximum absolute atomic E-state index is 11.8. The van der Waals surface area contributed by atoms with Crippen LogP contribution in [0.1, 0.15) is 37.3 Å². The number of nitrogens with zero attached hydrogens (tertiary/aromatic N) is 1. The zero-order valence-corrected chi connectivity index (χ0v) is 15.3. The Morgan fingerprint density at radius 2 is 2.16 bits per heavy atom. The number of rotatable bonds is 7. The second kappa shape index (κ2) is 9.42. The van der Waals surface area contributed by atoms with Gasteiger partial charge in [-0.05, 0) is 26.3 Å². The van der Waals surface area contributed by atoms with Crippen LogP contribution in [0.3, 0.4) is 0 Å². The van der Waals surface area contributed by atoms with Gasteiger partial charge in [-0.2, -0.15) is 0 Å². The van der Waals surface area contributed by atoms with Crippen molar-refractivity contribution >= 4 is 11.9 Å². The Bertz CT molecular complexity index is 603. The molecular weight excluding hydrogens is 320 g/mol. The van der Waals surface area contributed by atoms with Crippen LogP contribution in [0.15, 0.2) is 18.2 Å². The molecule has 0 aromatic heterocycles. The first kappa shape index (κ1) is 19.2. The fraction of sp³-hybridized carbons (Fsp3) is 0.579. The average molecular weight is 348 g/mol. The van der Waals surface area contributed by atoms with Crippen molar-refractivity contribution in [3.8, 4) is 5.75 Å². The molecule has 0 spiro atoms. The summed E-state index contributed by atoms with van der Waals surface area (Å²) in [5.41, 5.74) is 2.41. The smallest absolute Gasteiger partial charge is 0.305 e. The molecule has 1 aliphatic heterocycles. The van der Waals surface area contributed by atoms with E-state index in [9.17, 15) is 9.59 Å². The third kappa shape index (κ3) is 6.38. The molecule has 1 amide bonds. The van der Waals surface area contributed by atoms with Crippen molar-refractivity contribution in [3.05, 3.63) is 29.3 Å². The second-order valence-corrected chi connectivity index (χ2v) is 6.55. The molecule has 1 aromatic rings. The Morgan fingerprint density at radius 3 is 2.92 bits per heavy atom. The number of hydrogen-bond acceptors (Lipinski definition) is 5. The lowest BCUT2D eigenvalue weighted by Gasteiger charge is -2.21. The van der Waals surface area contributed by atoms with Crippen LogP contribution in [0.2, 0.25) is 0 Å². The molecule has 0 aliphatic carbocycles. The summed E-state index contributed by atoms with van der Waals surface area (Å²) >= 11 is 0. The largest absolute Gasteiger partial charge is 0.489 e. The summed E-state index contributed by atoms with van der Waals surface area (Å²) in [5.74, 6) is 0.645. The quantitative estimate of drug-likeness (QED) is 0.764. The van der Waals surface area contributed by atoms with Crippen molar-refractivity contribution < 1.29 is 19.1 Å². The summed E-state index contributed by atoms with van der Waals surface area (Å²) in [5, 5.41) is 2.92. The number of fused-ring (bicyclic) bond motifs is 1. The van der Waals surface area contributed by atoms with E-state index >= 15 is 0 Å². The third-order valence-corrected chi connectivity index (χ3v) is 4.22. The minimum Gasteiger partial charge on any atom is -0.489 e. The first-order chi connectivity index (χ1) is 12.0. The summed E-state index contributed by atoms with van der Waals surface area (Å²) < 4.78 is 10.5. The molecule has 138 valence electrons. The highest BCUT2D eigenvalue weighted by molar-refractivity contribution is 5.76. The van der Waals surface area contributed by atoms with Crippen LogP contribution in [-0.2, 0) is 20.9 Å². The van der Waals surface area contributed by atoms with Crippen LogP contribution in [0.25, 0.3) is 0 Å². The van der Waals surface area contributed by atoms with Crippen LogP contribution in [0, 0.1) is 6.92 Å². The molecule has 0 radical (unpaired) electrons. The van der Waals surface area contributed by atoms with E-state index in [2.05, 4.69) is 40.9 Å². The number of carbonyl (C=O) groups is 2. The SMILES string of the molecule is COC(=O)CCCC(=O)NCCN1Cc2cc(C)ccc2OC(C)C1. The summed E-state index contributed by atoms with van der Waals surface area (Å²) in [7, 11) is 1.36. The topological polar surface area (TPSA) is 67.9 Å². The van der Waals surface area contributed by atoms with Gasteiger partial charge < -0.3 is 14.8 Å². The molecule has 1 aliphatic rings. The molecule has 1 heterocycles. The van der Waals surface area contributed by atoms with Gasteiger partial charge in [0.15, 0.2) is 0 Å². The van der Waals surface area contributed by atoms with Crippen LogP contribution in [0.5, 0.6) is 5.75 Å². The van der Waals surface area contributed by atoms with Gasteiger partial charge in [-0.3, -0.25) is 14.5 Å². The Morgan fingerprint density at radius 1 is 1.36 bits per heavy atom. The standard InChI is InChI=1S/C19H28N2O4/c1-14-7-8-17-16(11-14)13-21(12-15(2)25-17)10-9-20-18(22)5-4-6-19(23)24-3/h7-8,11,15H,4-6,9-10,12-13H2,1-3H3,(H,20,22). The van der Waals surface area contributed by atoms with E-state index in [1.165, 1.54) is 18.2 Å². The number of ether oxygens (including phenoxy) is 2. The van der Waals surface area contributed by atoms with Crippen LogP contribution >= 0.6 is 0 Å². The molecule has 0 saturated heterocycles. The molecular formula is C19H28N2O4. The van der Waals surface area contributed by atoms with E-state index in [1.807, 2.05) is 6.07 Å². The summed E-state index contributed by atoms with van der Waals surface area (Å²) in [6, 6.07) is 6.26. The first-order valence-corrected chi connectivity index (χ1v) is 8.80. The van der Waals surface area contributed by atoms with Crippen molar-refractivity contribution in [1.29, 1.82) is 0 Å².